The Labute approximate surface area is 174 Å². The van der Waals surface area contributed by atoms with Crippen LogP contribution in [0.25, 0.3) is 0 Å². The van der Waals surface area contributed by atoms with Crippen molar-refractivity contribution >= 4 is 26.0 Å². The van der Waals surface area contributed by atoms with Gasteiger partial charge in [0.05, 0.1) is 17.0 Å². The van der Waals surface area contributed by atoms with E-state index in [9.17, 15) is 8.42 Å². The van der Waals surface area contributed by atoms with Crippen molar-refractivity contribution in [1.82, 2.24) is 4.31 Å². The van der Waals surface area contributed by atoms with E-state index in [0.717, 1.165) is 21.2 Å². The molecule has 2 atom stereocenters. The minimum absolute atomic E-state index is 0.310. The summed E-state index contributed by atoms with van der Waals surface area (Å²) in [4.78, 5) is 0.310. The topological polar surface area (TPSA) is 37.4 Å². The molecule has 0 aromatic heterocycles. The molecule has 1 heterocycles. The standard InChI is InChI=1S/C23H20BrNO2S/c1-17-7-13-21(14-8-17)28(26,27)25-22(18-5-3-2-4-6-18)15-16-23(25)19-9-11-20(24)12-10-19/h2-16,22-23H,1H3/t22-,23+/m1/s1. The highest BCUT2D eigenvalue weighted by atomic mass is 79.9. The maximum Gasteiger partial charge on any atom is 0.244 e. The molecule has 0 saturated carbocycles. The highest BCUT2D eigenvalue weighted by Crippen LogP contribution is 2.43. The molecule has 3 nitrogen and oxygen atoms in total. The summed E-state index contributed by atoms with van der Waals surface area (Å²) < 4.78 is 29.9. The smallest absolute Gasteiger partial charge is 0.207 e. The minimum Gasteiger partial charge on any atom is -0.207 e. The van der Waals surface area contributed by atoms with E-state index in [0.29, 0.717) is 4.90 Å². The lowest BCUT2D eigenvalue weighted by molar-refractivity contribution is 0.350. The van der Waals surface area contributed by atoms with E-state index in [2.05, 4.69) is 15.9 Å². The van der Waals surface area contributed by atoms with E-state index in [1.807, 2.05) is 85.8 Å². The zero-order chi connectivity index (χ0) is 19.7. The lowest BCUT2D eigenvalue weighted by atomic mass is 10.1. The third-order valence-electron chi connectivity index (χ3n) is 4.97. The van der Waals surface area contributed by atoms with Gasteiger partial charge in [0.15, 0.2) is 0 Å². The van der Waals surface area contributed by atoms with Crippen LogP contribution in [-0.4, -0.2) is 12.7 Å². The molecule has 1 aliphatic rings. The van der Waals surface area contributed by atoms with Gasteiger partial charge in [-0.1, -0.05) is 88.2 Å². The largest absolute Gasteiger partial charge is 0.244 e. The van der Waals surface area contributed by atoms with Crippen molar-refractivity contribution in [3.63, 3.8) is 0 Å². The van der Waals surface area contributed by atoms with Crippen LogP contribution in [-0.2, 0) is 10.0 Å². The highest BCUT2D eigenvalue weighted by Gasteiger charge is 2.40. The molecule has 0 unspecified atom stereocenters. The van der Waals surface area contributed by atoms with Crippen molar-refractivity contribution in [3.8, 4) is 0 Å². The summed E-state index contributed by atoms with van der Waals surface area (Å²) >= 11 is 3.45. The molecule has 0 spiro atoms. The van der Waals surface area contributed by atoms with Crippen LogP contribution in [0.5, 0.6) is 0 Å². The van der Waals surface area contributed by atoms with E-state index < -0.39 is 10.0 Å². The van der Waals surface area contributed by atoms with Gasteiger partial charge in [0.2, 0.25) is 10.0 Å². The van der Waals surface area contributed by atoms with Gasteiger partial charge in [-0.2, -0.15) is 4.31 Å². The van der Waals surface area contributed by atoms with Crippen LogP contribution in [0.1, 0.15) is 28.8 Å². The monoisotopic (exact) mass is 453 g/mol. The Morgan fingerprint density at radius 2 is 1.29 bits per heavy atom. The molecule has 0 N–H and O–H groups in total. The fourth-order valence-electron chi connectivity index (χ4n) is 3.51. The Hall–Kier alpha value is -2.21. The normalized spacial score (nSPS) is 19.8. The molecular formula is C23H20BrNO2S. The van der Waals surface area contributed by atoms with Crippen LogP contribution in [0, 0.1) is 6.92 Å². The fraction of sp³-hybridized carbons (Fsp3) is 0.130. The maximum absolute atomic E-state index is 13.7. The molecule has 28 heavy (non-hydrogen) atoms. The van der Waals surface area contributed by atoms with Crippen LogP contribution in [0.2, 0.25) is 0 Å². The van der Waals surface area contributed by atoms with Crippen molar-refractivity contribution in [2.24, 2.45) is 0 Å². The van der Waals surface area contributed by atoms with Crippen molar-refractivity contribution in [2.75, 3.05) is 0 Å². The maximum atomic E-state index is 13.7. The Morgan fingerprint density at radius 1 is 0.750 bits per heavy atom. The molecule has 3 aromatic carbocycles. The first-order chi connectivity index (χ1) is 13.5. The lowest BCUT2D eigenvalue weighted by Gasteiger charge is -2.30. The van der Waals surface area contributed by atoms with E-state index in [-0.39, 0.29) is 12.1 Å². The average Bonchev–Trinajstić information content (AvgIpc) is 3.16. The van der Waals surface area contributed by atoms with Gasteiger partial charge in [-0.15, -0.1) is 0 Å². The zero-order valence-electron chi connectivity index (χ0n) is 15.4. The minimum atomic E-state index is -3.70. The van der Waals surface area contributed by atoms with Crippen LogP contribution in [0.4, 0.5) is 0 Å². The van der Waals surface area contributed by atoms with Crippen molar-refractivity contribution in [1.29, 1.82) is 0 Å². The Morgan fingerprint density at radius 3 is 1.86 bits per heavy atom. The SMILES string of the molecule is Cc1ccc(S(=O)(=O)N2[C@@H](c3ccccc3)C=C[C@H]2c2ccc(Br)cc2)cc1. The predicted molar refractivity (Wildman–Crippen MR) is 115 cm³/mol. The zero-order valence-corrected chi connectivity index (χ0v) is 17.8. The van der Waals surface area contributed by atoms with Crippen LogP contribution in [0.15, 0.2) is 100 Å². The average molecular weight is 454 g/mol. The van der Waals surface area contributed by atoms with Gasteiger partial charge in [-0.25, -0.2) is 8.42 Å². The molecular weight excluding hydrogens is 434 g/mol. The molecule has 5 heteroatoms. The quantitative estimate of drug-likeness (QED) is 0.468. The third kappa shape index (κ3) is 3.58. The van der Waals surface area contributed by atoms with E-state index >= 15 is 0 Å². The molecule has 0 bridgehead atoms. The van der Waals surface area contributed by atoms with Gasteiger partial charge in [-0.3, -0.25) is 0 Å². The molecule has 1 aliphatic heterocycles. The van der Waals surface area contributed by atoms with Crippen molar-refractivity contribution in [3.05, 3.63) is 112 Å². The highest BCUT2D eigenvalue weighted by molar-refractivity contribution is 9.10. The van der Waals surface area contributed by atoms with Gasteiger partial charge >= 0.3 is 0 Å². The van der Waals surface area contributed by atoms with Crippen LogP contribution >= 0.6 is 15.9 Å². The second kappa shape index (κ2) is 7.66. The molecule has 0 saturated heterocycles. The number of aryl methyl sites for hydroxylation is 1. The van der Waals surface area contributed by atoms with Gasteiger partial charge < -0.3 is 0 Å². The van der Waals surface area contributed by atoms with Gasteiger partial charge in [0.1, 0.15) is 0 Å². The van der Waals surface area contributed by atoms with Crippen LogP contribution in [0.3, 0.4) is 0 Å². The summed E-state index contributed by atoms with van der Waals surface area (Å²) in [5, 5.41) is 0. The number of halogens is 1. The Balaban J connectivity index is 1.82. The molecule has 0 aliphatic carbocycles. The second-order valence-corrected chi connectivity index (χ2v) is 9.64. The molecule has 4 rings (SSSR count). The number of benzene rings is 3. The number of hydrogen-bond donors (Lipinski definition) is 0. The summed E-state index contributed by atoms with van der Waals surface area (Å²) in [5.74, 6) is 0. The number of hydrogen-bond acceptors (Lipinski definition) is 2. The van der Waals surface area contributed by atoms with Crippen LogP contribution < -0.4 is 0 Å². The van der Waals surface area contributed by atoms with E-state index in [4.69, 9.17) is 0 Å². The first-order valence-corrected chi connectivity index (χ1v) is 11.3. The summed E-state index contributed by atoms with van der Waals surface area (Å²) in [6.07, 6.45) is 3.96. The number of nitrogens with zero attached hydrogens (tertiary/aromatic N) is 1. The van der Waals surface area contributed by atoms with Crippen molar-refractivity contribution in [2.45, 2.75) is 23.9 Å². The molecule has 3 aromatic rings. The Kier molecular flexibility index (Phi) is 5.23. The summed E-state index contributed by atoms with van der Waals surface area (Å²) in [6, 6.07) is 23.9. The molecule has 0 fully saturated rings. The molecule has 0 radical (unpaired) electrons. The number of rotatable bonds is 4. The predicted octanol–water partition coefficient (Wildman–Crippen LogP) is 5.80. The molecule has 0 amide bonds. The summed E-state index contributed by atoms with van der Waals surface area (Å²) in [7, 11) is -3.70. The first-order valence-electron chi connectivity index (χ1n) is 9.06. The van der Waals surface area contributed by atoms with Gasteiger partial charge in [-0.05, 0) is 42.3 Å². The van der Waals surface area contributed by atoms with E-state index in [1.54, 1.807) is 16.4 Å². The Bertz CT molecular complexity index is 1090. The fourth-order valence-corrected chi connectivity index (χ4v) is 5.48. The lowest BCUT2D eigenvalue weighted by Crippen LogP contribution is -2.33. The second-order valence-electron chi connectivity index (χ2n) is 6.88. The molecule has 142 valence electrons. The summed E-state index contributed by atoms with van der Waals surface area (Å²) in [5.41, 5.74) is 2.92. The van der Waals surface area contributed by atoms with E-state index in [1.165, 1.54) is 0 Å². The number of sulfonamides is 1. The first kappa shape index (κ1) is 19.1. The van der Waals surface area contributed by atoms with Crippen molar-refractivity contribution < 1.29 is 8.42 Å². The van der Waals surface area contributed by atoms with Gasteiger partial charge in [0, 0.05) is 4.47 Å². The summed E-state index contributed by atoms with van der Waals surface area (Å²) in [6.45, 7) is 1.95. The van der Waals surface area contributed by atoms with Gasteiger partial charge in [0.25, 0.3) is 0 Å². The third-order valence-corrected chi connectivity index (χ3v) is 7.38.